The molecule has 0 aliphatic rings. The molecule has 202 valence electrons. The number of benzene rings is 3. The van der Waals surface area contributed by atoms with Gasteiger partial charge >= 0.3 is 0 Å². The summed E-state index contributed by atoms with van der Waals surface area (Å²) in [5, 5.41) is 0. The van der Waals surface area contributed by atoms with Crippen LogP contribution in [0.5, 0.6) is 0 Å². The van der Waals surface area contributed by atoms with Crippen molar-refractivity contribution in [1.29, 1.82) is 0 Å². The van der Waals surface area contributed by atoms with Crippen molar-refractivity contribution in [3.63, 3.8) is 0 Å². The van der Waals surface area contributed by atoms with E-state index < -0.39 is 30.1 Å². The summed E-state index contributed by atoms with van der Waals surface area (Å²) < 4.78 is 83.1. The van der Waals surface area contributed by atoms with Crippen molar-refractivity contribution in [1.82, 2.24) is 13.7 Å². The molecule has 2 radical (unpaired) electrons. The van der Waals surface area contributed by atoms with Crippen molar-refractivity contribution in [3.8, 4) is 0 Å². The third kappa shape index (κ3) is 10.3. The van der Waals surface area contributed by atoms with Crippen LogP contribution in [0.3, 0.4) is 0 Å². The molecule has 0 unspecified atom stereocenters. The summed E-state index contributed by atoms with van der Waals surface area (Å²) in [4.78, 5) is 0.162. The molecule has 2 N–H and O–H groups in total. The van der Waals surface area contributed by atoms with E-state index in [1.807, 2.05) is 20.8 Å². The van der Waals surface area contributed by atoms with Crippen LogP contribution in [0, 0.1) is 20.8 Å². The molecule has 3 rings (SSSR count). The molecule has 0 amide bonds. The zero-order valence-electron chi connectivity index (χ0n) is 22.9. The second-order valence-corrected chi connectivity index (χ2v) is 14.1. The third-order valence-corrected chi connectivity index (χ3v) is 10.5. The Morgan fingerprint density at radius 1 is 0.513 bits per heavy atom. The average Bonchev–Trinajstić information content (AvgIpc) is 2.84. The summed E-state index contributed by atoms with van der Waals surface area (Å²) in [6.07, 6.45) is 0. The number of hydrogen-bond acceptors (Lipinski definition) is 6. The van der Waals surface area contributed by atoms with Gasteiger partial charge in [0.15, 0.2) is 0 Å². The molecule has 0 fully saturated rings. The molecule has 0 saturated heterocycles. The summed E-state index contributed by atoms with van der Waals surface area (Å²) >= 11 is 0. The molecule has 3 aromatic rings. The van der Waals surface area contributed by atoms with Crippen LogP contribution in [-0.2, 0) is 30.1 Å². The van der Waals surface area contributed by atoms with E-state index in [0.717, 1.165) is 21.0 Å². The minimum atomic E-state index is -4.03. The molecular formula is C25H31N3Na2O6S3. The molecule has 0 spiro atoms. The molecule has 14 heteroatoms. The van der Waals surface area contributed by atoms with E-state index in [4.69, 9.17) is 0 Å². The van der Waals surface area contributed by atoms with Gasteiger partial charge in [0.2, 0.25) is 30.1 Å². The summed E-state index contributed by atoms with van der Waals surface area (Å²) in [6, 6.07) is 18.8. The van der Waals surface area contributed by atoms with Crippen LogP contribution in [0.15, 0.2) is 87.5 Å². The largest absolute Gasteiger partial charge is 0.243 e. The van der Waals surface area contributed by atoms with Crippen LogP contribution in [0.25, 0.3) is 0 Å². The summed E-state index contributed by atoms with van der Waals surface area (Å²) in [6.45, 7) is 4.70. The van der Waals surface area contributed by atoms with Gasteiger partial charge in [0.25, 0.3) is 0 Å². The number of nitrogens with one attached hydrogen (secondary N) is 2. The van der Waals surface area contributed by atoms with E-state index in [1.54, 1.807) is 36.4 Å². The molecule has 0 aromatic heterocycles. The van der Waals surface area contributed by atoms with Gasteiger partial charge in [0.1, 0.15) is 0 Å². The van der Waals surface area contributed by atoms with Gasteiger partial charge in [-0.1, -0.05) is 53.1 Å². The number of sulfonamides is 3. The van der Waals surface area contributed by atoms with Crippen LogP contribution in [0.1, 0.15) is 16.7 Å². The van der Waals surface area contributed by atoms with Crippen molar-refractivity contribution in [2.24, 2.45) is 0 Å². The third-order valence-electron chi connectivity index (χ3n) is 5.63. The van der Waals surface area contributed by atoms with Crippen LogP contribution in [-0.4, -0.2) is 115 Å². The van der Waals surface area contributed by atoms with Crippen molar-refractivity contribution >= 4 is 89.2 Å². The van der Waals surface area contributed by atoms with Gasteiger partial charge in [-0.05, 0) is 57.2 Å². The minimum Gasteiger partial charge on any atom is -0.210 e. The Kier molecular flexibility index (Phi) is 14.5. The van der Waals surface area contributed by atoms with E-state index >= 15 is 0 Å². The molecule has 0 heterocycles. The molecular weight excluding hydrogens is 580 g/mol. The molecule has 0 bridgehead atoms. The smallest absolute Gasteiger partial charge is 0.210 e. The number of nitrogens with zero attached hydrogens (tertiary/aromatic N) is 1. The summed E-state index contributed by atoms with van der Waals surface area (Å²) in [5.74, 6) is 0. The van der Waals surface area contributed by atoms with E-state index in [1.165, 1.54) is 36.4 Å². The summed E-state index contributed by atoms with van der Waals surface area (Å²) in [7, 11) is -11.7. The zero-order chi connectivity index (χ0) is 27.3. The Labute approximate surface area is 276 Å². The van der Waals surface area contributed by atoms with E-state index in [2.05, 4.69) is 9.44 Å². The first kappa shape index (κ1) is 36.4. The van der Waals surface area contributed by atoms with Gasteiger partial charge in [-0.3, -0.25) is 0 Å². The molecule has 9 nitrogen and oxygen atoms in total. The Morgan fingerprint density at radius 3 is 1.10 bits per heavy atom. The second kappa shape index (κ2) is 15.6. The predicted molar refractivity (Wildman–Crippen MR) is 154 cm³/mol. The van der Waals surface area contributed by atoms with Gasteiger partial charge in [0.05, 0.1) is 14.7 Å². The summed E-state index contributed by atoms with van der Waals surface area (Å²) in [5.41, 5.74) is 2.69. The van der Waals surface area contributed by atoms with Gasteiger partial charge in [0, 0.05) is 85.3 Å². The van der Waals surface area contributed by atoms with Gasteiger partial charge in [-0.15, -0.1) is 0 Å². The number of aryl methyl sites for hydroxylation is 3. The Balaban J connectivity index is 0.00000380. The maximum atomic E-state index is 13.3. The molecule has 3 aromatic carbocycles. The average molecular weight is 612 g/mol. The fourth-order valence-corrected chi connectivity index (χ4v) is 6.91. The monoisotopic (exact) mass is 611 g/mol. The fourth-order valence-electron chi connectivity index (χ4n) is 3.42. The van der Waals surface area contributed by atoms with E-state index in [-0.39, 0.29) is 100.0 Å². The molecule has 0 aliphatic carbocycles. The van der Waals surface area contributed by atoms with Crippen LogP contribution >= 0.6 is 0 Å². The normalized spacial score (nSPS) is 12.0. The van der Waals surface area contributed by atoms with Crippen molar-refractivity contribution in [2.75, 3.05) is 26.2 Å². The van der Waals surface area contributed by atoms with Crippen LogP contribution in [0.4, 0.5) is 0 Å². The number of rotatable bonds is 12. The standard InChI is InChI=1S/C25H31N3O6S3.2Na/c1-20-4-10-23(11-5-20)35(29,30)26-16-18-28(37(33,34)25-14-8-22(3)9-15-25)19-17-27-36(31,32)24-12-6-21(2)7-13-24;;/h4-15,26-27H,16-19H2,1-3H3;;. The van der Waals surface area contributed by atoms with Crippen molar-refractivity contribution < 1.29 is 25.3 Å². The Hall–Kier alpha value is -0.610. The maximum Gasteiger partial charge on any atom is 0.243 e. The van der Waals surface area contributed by atoms with E-state index in [9.17, 15) is 25.3 Å². The van der Waals surface area contributed by atoms with Crippen LogP contribution < -0.4 is 9.44 Å². The van der Waals surface area contributed by atoms with E-state index in [0.29, 0.717) is 0 Å². The molecule has 0 atom stereocenters. The quantitative estimate of drug-likeness (QED) is 0.301. The Bertz CT molecular complexity index is 1450. The van der Waals surface area contributed by atoms with Gasteiger partial charge in [-0.2, -0.15) is 4.31 Å². The molecule has 0 saturated carbocycles. The predicted octanol–water partition coefficient (Wildman–Crippen LogP) is 1.80. The molecule has 39 heavy (non-hydrogen) atoms. The second-order valence-electron chi connectivity index (χ2n) is 8.64. The number of hydrogen-bond donors (Lipinski definition) is 2. The molecule has 0 aliphatic heterocycles. The first-order chi connectivity index (χ1) is 17.3. The first-order valence-corrected chi connectivity index (χ1v) is 15.9. The van der Waals surface area contributed by atoms with Crippen molar-refractivity contribution in [3.05, 3.63) is 89.5 Å². The SMILES string of the molecule is Cc1ccc(S(=O)(=O)NCCN(CCNS(=O)(=O)c2ccc(C)cc2)S(=O)(=O)c2ccc(C)cc2)cc1.[Na].[Na]. The zero-order valence-corrected chi connectivity index (χ0v) is 29.3. The maximum absolute atomic E-state index is 13.3. The fraction of sp³-hybridized carbons (Fsp3) is 0.280. The van der Waals surface area contributed by atoms with Crippen LogP contribution in [0.2, 0.25) is 0 Å². The topological polar surface area (TPSA) is 130 Å². The first-order valence-electron chi connectivity index (χ1n) is 11.5. The van der Waals surface area contributed by atoms with Gasteiger partial charge in [-0.25, -0.2) is 34.7 Å². The van der Waals surface area contributed by atoms with Crippen molar-refractivity contribution in [2.45, 2.75) is 35.5 Å². The Morgan fingerprint density at radius 2 is 0.795 bits per heavy atom. The minimum absolute atomic E-state index is 0. The van der Waals surface area contributed by atoms with Gasteiger partial charge < -0.3 is 0 Å².